The van der Waals surface area contributed by atoms with E-state index in [1.165, 1.54) is 11.3 Å². The fourth-order valence-electron chi connectivity index (χ4n) is 1.82. The molecule has 0 spiro atoms. The number of rotatable bonds is 2. The lowest BCUT2D eigenvalue weighted by molar-refractivity contribution is 0.424. The molecule has 0 amide bonds. The van der Waals surface area contributed by atoms with Crippen LogP contribution in [0.15, 0.2) is 48.2 Å². The summed E-state index contributed by atoms with van der Waals surface area (Å²) >= 11 is 0. The van der Waals surface area contributed by atoms with Crippen molar-refractivity contribution in [2.75, 3.05) is 13.2 Å². The number of nitrogens with zero attached hydrogens (tertiary/aromatic N) is 1. The highest BCUT2D eigenvalue weighted by Crippen LogP contribution is 2.20. The van der Waals surface area contributed by atoms with Gasteiger partial charge >= 0.3 is 0 Å². The van der Waals surface area contributed by atoms with Gasteiger partial charge in [-0.2, -0.15) is 0 Å². The molecule has 1 atom stereocenters. The largest absolute Gasteiger partial charge is 0.357 e. The quantitative estimate of drug-likeness (QED) is 0.665. The van der Waals surface area contributed by atoms with E-state index < -0.39 is 0 Å². The van der Waals surface area contributed by atoms with Crippen molar-refractivity contribution in [1.29, 1.82) is 0 Å². The monoisotopic (exact) mass is 188 g/mol. The number of allylic oxidation sites excluding steroid dienone is 4. The Morgan fingerprint density at radius 2 is 2.50 bits per heavy atom. The topological polar surface area (TPSA) is 15.3 Å². The van der Waals surface area contributed by atoms with Crippen molar-refractivity contribution in [3.05, 3.63) is 48.2 Å². The summed E-state index contributed by atoms with van der Waals surface area (Å²) in [5.74, 6) is 0. The molecule has 1 saturated heterocycles. The molecule has 0 aromatic carbocycles. The maximum absolute atomic E-state index is 3.77. The predicted octanol–water partition coefficient (Wildman–Crippen LogP) is 1.80. The molecule has 1 aliphatic carbocycles. The Morgan fingerprint density at radius 3 is 3.29 bits per heavy atom. The summed E-state index contributed by atoms with van der Waals surface area (Å²) in [7, 11) is 0. The summed E-state index contributed by atoms with van der Waals surface area (Å²) in [6.45, 7) is 7.72. The van der Waals surface area contributed by atoms with Gasteiger partial charge in [-0.3, -0.25) is 5.32 Å². The number of nitrogens with one attached hydrogen (secondary N) is 1. The van der Waals surface area contributed by atoms with Crippen molar-refractivity contribution in [3.63, 3.8) is 0 Å². The van der Waals surface area contributed by atoms with Gasteiger partial charge in [-0.05, 0) is 13.0 Å². The summed E-state index contributed by atoms with van der Waals surface area (Å²) < 4.78 is 0. The highest BCUT2D eigenvalue weighted by molar-refractivity contribution is 5.35. The Balaban J connectivity index is 2.23. The van der Waals surface area contributed by atoms with Crippen LogP contribution in [-0.4, -0.2) is 24.2 Å². The predicted molar refractivity (Wildman–Crippen MR) is 59.7 cm³/mol. The molecule has 1 N–H and O–H groups in total. The van der Waals surface area contributed by atoms with Crippen molar-refractivity contribution in [2.24, 2.45) is 0 Å². The van der Waals surface area contributed by atoms with E-state index in [0.717, 1.165) is 13.2 Å². The number of hydrogen-bond acceptors (Lipinski definition) is 2. The van der Waals surface area contributed by atoms with E-state index in [2.05, 4.69) is 48.0 Å². The molecular formula is C12H16N2. The smallest absolute Gasteiger partial charge is 0.0690 e. The van der Waals surface area contributed by atoms with Crippen molar-refractivity contribution in [3.8, 4) is 0 Å². The second-order valence-corrected chi connectivity index (χ2v) is 3.71. The van der Waals surface area contributed by atoms with E-state index in [-0.39, 0.29) is 0 Å². The van der Waals surface area contributed by atoms with E-state index in [1.807, 2.05) is 6.08 Å². The molecule has 0 radical (unpaired) electrons. The normalized spacial score (nSPS) is 25.2. The molecule has 14 heavy (non-hydrogen) atoms. The van der Waals surface area contributed by atoms with Crippen molar-refractivity contribution in [1.82, 2.24) is 10.2 Å². The van der Waals surface area contributed by atoms with Crippen LogP contribution >= 0.6 is 0 Å². The molecular weight excluding hydrogens is 172 g/mol. The van der Waals surface area contributed by atoms with E-state index in [0.29, 0.717) is 6.04 Å². The van der Waals surface area contributed by atoms with Gasteiger partial charge in [0.05, 0.1) is 12.7 Å². The van der Waals surface area contributed by atoms with E-state index in [9.17, 15) is 0 Å². The molecule has 0 unspecified atom stereocenters. The minimum atomic E-state index is 0.378. The Hall–Kier alpha value is -1.28. The van der Waals surface area contributed by atoms with E-state index in [1.54, 1.807) is 0 Å². The molecule has 0 aromatic rings. The second-order valence-electron chi connectivity index (χ2n) is 3.71. The lowest BCUT2D eigenvalue weighted by Crippen LogP contribution is -2.21. The molecule has 2 nitrogen and oxygen atoms in total. The maximum atomic E-state index is 3.77. The van der Waals surface area contributed by atoms with Crippen LogP contribution in [0.25, 0.3) is 0 Å². The van der Waals surface area contributed by atoms with Crippen LogP contribution < -0.4 is 5.32 Å². The van der Waals surface area contributed by atoms with Gasteiger partial charge in [-0.15, -0.1) is 6.58 Å². The fraction of sp³-hybridized carbons (Fsp3) is 0.333. The Kier molecular flexibility index (Phi) is 2.55. The lowest BCUT2D eigenvalue weighted by Gasteiger charge is -2.17. The second kappa shape index (κ2) is 3.84. The molecule has 2 rings (SSSR count). The van der Waals surface area contributed by atoms with Gasteiger partial charge in [-0.1, -0.05) is 29.9 Å². The molecule has 2 aliphatic rings. The first kappa shape index (κ1) is 9.28. The zero-order valence-electron chi connectivity index (χ0n) is 8.53. The van der Waals surface area contributed by atoms with Crippen LogP contribution in [0.1, 0.15) is 6.92 Å². The third kappa shape index (κ3) is 1.66. The van der Waals surface area contributed by atoms with Gasteiger partial charge in [0.2, 0.25) is 0 Å². The van der Waals surface area contributed by atoms with Crippen molar-refractivity contribution < 1.29 is 0 Å². The SMILES string of the molecule is C=CCN1CN[C@@H]2C=CC(C)=CC=C21. The van der Waals surface area contributed by atoms with Crippen LogP contribution in [0.3, 0.4) is 0 Å². The maximum Gasteiger partial charge on any atom is 0.0690 e. The molecule has 74 valence electrons. The minimum absolute atomic E-state index is 0.378. The highest BCUT2D eigenvalue weighted by atomic mass is 15.3. The van der Waals surface area contributed by atoms with Crippen LogP contribution in [0.5, 0.6) is 0 Å². The van der Waals surface area contributed by atoms with Crippen LogP contribution in [0.4, 0.5) is 0 Å². The molecule has 1 heterocycles. The molecule has 0 bridgehead atoms. The van der Waals surface area contributed by atoms with Crippen molar-refractivity contribution >= 4 is 0 Å². The molecule has 0 aromatic heterocycles. The summed E-state index contributed by atoms with van der Waals surface area (Å²) in [4.78, 5) is 2.30. The summed E-state index contributed by atoms with van der Waals surface area (Å²) in [5, 5.41) is 3.44. The first-order valence-corrected chi connectivity index (χ1v) is 4.97. The van der Waals surface area contributed by atoms with Gasteiger partial charge in [0.25, 0.3) is 0 Å². The first-order valence-electron chi connectivity index (χ1n) is 4.97. The zero-order valence-corrected chi connectivity index (χ0v) is 8.53. The minimum Gasteiger partial charge on any atom is -0.357 e. The first-order chi connectivity index (χ1) is 6.81. The highest BCUT2D eigenvalue weighted by Gasteiger charge is 2.24. The van der Waals surface area contributed by atoms with Crippen LogP contribution in [0, 0.1) is 0 Å². The Labute approximate surface area is 85.3 Å². The zero-order chi connectivity index (χ0) is 9.97. The van der Waals surface area contributed by atoms with Crippen molar-refractivity contribution in [2.45, 2.75) is 13.0 Å². The summed E-state index contributed by atoms with van der Waals surface area (Å²) in [6, 6.07) is 0.378. The fourth-order valence-corrected chi connectivity index (χ4v) is 1.82. The molecule has 1 aliphatic heterocycles. The average Bonchev–Trinajstić information content (AvgIpc) is 2.45. The van der Waals surface area contributed by atoms with E-state index >= 15 is 0 Å². The summed E-state index contributed by atoms with van der Waals surface area (Å²) in [5.41, 5.74) is 2.64. The Bertz CT molecular complexity index is 323. The van der Waals surface area contributed by atoms with Crippen LogP contribution in [0.2, 0.25) is 0 Å². The van der Waals surface area contributed by atoms with Gasteiger partial charge < -0.3 is 4.90 Å². The standard InChI is InChI=1S/C12H16N2/c1-3-8-14-9-13-11-6-4-10(2)5-7-12(11)14/h3-7,11,13H,1,8-9H2,2H3/t11-/m1/s1. The van der Waals surface area contributed by atoms with Gasteiger partial charge in [0.1, 0.15) is 0 Å². The third-order valence-corrected chi connectivity index (χ3v) is 2.60. The van der Waals surface area contributed by atoms with Gasteiger partial charge in [0.15, 0.2) is 0 Å². The van der Waals surface area contributed by atoms with Gasteiger partial charge in [-0.25, -0.2) is 0 Å². The number of fused-ring (bicyclic) bond motifs is 1. The molecule has 1 fully saturated rings. The molecule has 0 saturated carbocycles. The lowest BCUT2D eigenvalue weighted by atomic mass is 10.2. The summed E-state index contributed by atoms with van der Waals surface area (Å²) in [6.07, 6.45) is 10.7. The Morgan fingerprint density at radius 1 is 1.64 bits per heavy atom. The third-order valence-electron chi connectivity index (χ3n) is 2.60. The van der Waals surface area contributed by atoms with Gasteiger partial charge in [0, 0.05) is 12.2 Å². The van der Waals surface area contributed by atoms with E-state index in [4.69, 9.17) is 0 Å². The van der Waals surface area contributed by atoms with Crippen LogP contribution in [-0.2, 0) is 0 Å². The average molecular weight is 188 g/mol. The molecule has 2 heteroatoms. The number of hydrogen-bond donors (Lipinski definition) is 1.